The first-order valence-corrected chi connectivity index (χ1v) is 17.0. The van der Waals surface area contributed by atoms with E-state index in [-0.39, 0.29) is 0 Å². The molecule has 3 heteroatoms. The summed E-state index contributed by atoms with van der Waals surface area (Å²) in [6.07, 6.45) is 0. The van der Waals surface area contributed by atoms with Gasteiger partial charge in [0, 0.05) is 16.7 Å². The molecule has 3 nitrogen and oxygen atoms in total. The third kappa shape index (κ3) is 6.13. The SMILES string of the molecule is Cc1c(-c2cccc(-c3nc(-c4ccccc4)nc(-c4ccccc4)n3)c2)cccc1-c1cc(-c2ccccc2)cc(-c2ccccc2)c1C. The lowest BCUT2D eigenvalue weighted by Crippen LogP contribution is -2.00. The molecule has 50 heavy (non-hydrogen) atoms. The van der Waals surface area contributed by atoms with E-state index < -0.39 is 0 Å². The zero-order valence-corrected chi connectivity index (χ0v) is 28.1. The van der Waals surface area contributed by atoms with Crippen molar-refractivity contribution in [3.8, 4) is 78.7 Å². The Morgan fingerprint density at radius 3 is 1.24 bits per heavy atom. The van der Waals surface area contributed by atoms with Gasteiger partial charge in [-0.05, 0) is 87.7 Å². The van der Waals surface area contributed by atoms with Gasteiger partial charge in [0.25, 0.3) is 0 Å². The summed E-state index contributed by atoms with van der Waals surface area (Å²) in [5.74, 6) is 1.95. The molecule has 0 aliphatic carbocycles. The van der Waals surface area contributed by atoms with E-state index in [4.69, 9.17) is 15.0 Å². The largest absolute Gasteiger partial charge is 0.208 e. The minimum absolute atomic E-state index is 0.646. The highest BCUT2D eigenvalue weighted by atomic mass is 15.0. The number of rotatable bonds is 7. The number of benzene rings is 7. The smallest absolute Gasteiger partial charge is 0.164 e. The van der Waals surface area contributed by atoms with Crippen LogP contribution in [-0.2, 0) is 0 Å². The van der Waals surface area contributed by atoms with Crippen molar-refractivity contribution in [1.29, 1.82) is 0 Å². The van der Waals surface area contributed by atoms with E-state index >= 15 is 0 Å². The van der Waals surface area contributed by atoms with E-state index in [2.05, 4.69) is 129 Å². The Morgan fingerprint density at radius 1 is 0.260 bits per heavy atom. The zero-order valence-electron chi connectivity index (χ0n) is 28.1. The fourth-order valence-electron chi connectivity index (χ4n) is 6.71. The van der Waals surface area contributed by atoms with Crippen LogP contribution in [-0.4, -0.2) is 15.0 Å². The van der Waals surface area contributed by atoms with Crippen molar-refractivity contribution in [2.45, 2.75) is 13.8 Å². The van der Waals surface area contributed by atoms with Gasteiger partial charge in [0.2, 0.25) is 0 Å². The fourth-order valence-corrected chi connectivity index (χ4v) is 6.71. The Morgan fingerprint density at radius 2 is 0.660 bits per heavy atom. The van der Waals surface area contributed by atoms with Crippen molar-refractivity contribution < 1.29 is 0 Å². The van der Waals surface area contributed by atoms with Gasteiger partial charge in [0.1, 0.15) is 0 Å². The van der Waals surface area contributed by atoms with E-state index in [0.29, 0.717) is 17.5 Å². The second-order valence-electron chi connectivity index (χ2n) is 12.5. The molecule has 8 aromatic rings. The van der Waals surface area contributed by atoms with E-state index in [1.165, 1.54) is 50.1 Å². The van der Waals surface area contributed by atoms with Crippen molar-refractivity contribution in [3.63, 3.8) is 0 Å². The highest BCUT2D eigenvalue weighted by Gasteiger charge is 2.17. The molecule has 0 aliphatic heterocycles. The second kappa shape index (κ2) is 13.6. The highest BCUT2D eigenvalue weighted by Crippen LogP contribution is 2.40. The second-order valence-corrected chi connectivity index (χ2v) is 12.5. The van der Waals surface area contributed by atoms with Crippen LogP contribution in [0.4, 0.5) is 0 Å². The number of hydrogen-bond acceptors (Lipinski definition) is 3. The summed E-state index contributed by atoms with van der Waals surface area (Å²) in [5.41, 5.74) is 14.9. The summed E-state index contributed by atoms with van der Waals surface area (Å²) in [4.78, 5) is 14.9. The third-order valence-electron chi connectivity index (χ3n) is 9.35. The van der Waals surface area contributed by atoms with Crippen LogP contribution in [0.1, 0.15) is 11.1 Å². The molecule has 0 bridgehead atoms. The molecule has 0 saturated heterocycles. The van der Waals surface area contributed by atoms with Gasteiger partial charge in [0.05, 0.1) is 0 Å². The maximum absolute atomic E-state index is 4.99. The maximum Gasteiger partial charge on any atom is 0.164 e. The lowest BCUT2D eigenvalue weighted by Gasteiger charge is -2.19. The topological polar surface area (TPSA) is 38.7 Å². The van der Waals surface area contributed by atoms with Crippen molar-refractivity contribution in [1.82, 2.24) is 15.0 Å². The summed E-state index contributed by atoms with van der Waals surface area (Å²) < 4.78 is 0. The predicted octanol–water partition coefficient (Wildman–Crippen LogP) is 12.2. The molecule has 0 fully saturated rings. The molecule has 0 radical (unpaired) electrons. The van der Waals surface area contributed by atoms with E-state index in [1.54, 1.807) is 0 Å². The van der Waals surface area contributed by atoms with Gasteiger partial charge in [-0.3, -0.25) is 0 Å². The van der Waals surface area contributed by atoms with Crippen molar-refractivity contribution in [3.05, 3.63) is 187 Å². The normalized spacial score (nSPS) is 11.0. The van der Waals surface area contributed by atoms with Crippen molar-refractivity contribution >= 4 is 0 Å². The van der Waals surface area contributed by atoms with E-state index in [0.717, 1.165) is 22.3 Å². The van der Waals surface area contributed by atoms with Gasteiger partial charge in [-0.15, -0.1) is 0 Å². The van der Waals surface area contributed by atoms with E-state index in [9.17, 15) is 0 Å². The molecular weight excluding hydrogens is 607 g/mol. The molecule has 0 unspecified atom stereocenters. The first-order chi connectivity index (χ1) is 24.6. The molecule has 0 atom stereocenters. The van der Waals surface area contributed by atoms with Crippen LogP contribution in [0.2, 0.25) is 0 Å². The Labute approximate surface area is 293 Å². The Bertz CT molecular complexity index is 2360. The standard InChI is InChI=1S/C47H35N3/c1-32-41(27-16-28-42(32)44-31-40(34-17-7-3-8-18-34)30-43(33(44)2)35-19-9-4-10-20-35)38-25-15-26-39(29-38)47-49-45(36-21-11-5-12-22-36)48-46(50-47)37-23-13-6-14-24-37/h3-31H,1-2H3. The van der Waals surface area contributed by atoms with Gasteiger partial charge in [-0.2, -0.15) is 0 Å². The number of aromatic nitrogens is 3. The maximum atomic E-state index is 4.99. The predicted molar refractivity (Wildman–Crippen MR) is 207 cm³/mol. The zero-order chi connectivity index (χ0) is 33.9. The van der Waals surface area contributed by atoms with Crippen LogP contribution in [0.5, 0.6) is 0 Å². The molecule has 7 aromatic carbocycles. The highest BCUT2D eigenvalue weighted by molar-refractivity contribution is 5.88. The van der Waals surface area contributed by atoms with Gasteiger partial charge >= 0.3 is 0 Å². The lowest BCUT2D eigenvalue weighted by molar-refractivity contribution is 1.07. The van der Waals surface area contributed by atoms with Gasteiger partial charge in [0.15, 0.2) is 17.5 Å². The van der Waals surface area contributed by atoms with Gasteiger partial charge in [-0.25, -0.2) is 15.0 Å². The summed E-state index contributed by atoms with van der Waals surface area (Å²) in [6.45, 7) is 4.48. The van der Waals surface area contributed by atoms with Crippen molar-refractivity contribution in [2.24, 2.45) is 0 Å². The number of hydrogen-bond donors (Lipinski definition) is 0. The summed E-state index contributed by atoms with van der Waals surface area (Å²) >= 11 is 0. The monoisotopic (exact) mass is 641 g/mol. The summed E-state index contributed by atoms with van der Waals surface area (Å²) in [5, 5.41) is 0. The molecule has 8 rings (SSSR count). The van der Waals surface area contributed by atoms with Crippen molar-refractivity contribution in [2.75, 3.05) is 0 Å². The summed E-state index contributed by atoms with van der Waals surface area (Å²) in [6, 6.07) is 61.4. The molecule has 0 amide bonds. The van der Waals surface area contributed by atoms with Crippen LogP contribution in [0.25, 0.3) is 78.7 Å². The average molecular weight is 642 g/mol. The third-order valence-corrected chi connectivity index (χ3v) is 9.35. The average Bonchev–Trinajstić information content (AvgIpc) is 3.19. The minimum atomic E-state index is 0.646. The Balaban J connectivity index is 1.25. The van der Waals surface area contributed by atoms with Gasteiger partial charge < -0.3 is 0 Å². The van der Waals surface area contributed by atoms with Crippen LogP contribution < -0.4 is 0 Å². The molecule has 1 heterocycles. The molecule has 0 saturated carbocycles. The van der Waals surface area contributed by atoms with Crippen LogP contribution in [0.15, 0.2) is 176 Å². The van der Waals surface area contributed by atoms with E-state index in [1.807, 2.05) is 60.7 Å². The fraction of sp³-hybridized carbons (Fsp3) is 0.0426. The first-order valence-electron chi connectivity index (χ1n) is 17.0. The first kappa shape index (κ1) is 30.9. The molecule has 0 aliphatic rings. The number of nitrogens with zero attached hydrogens (tertiary/aromatic N) is 3. The van der Waals surface area contributed by atoms with Crippen LogP contribution in [0.3, 0.4) is 0 Å². The molecule has 0 spiro atoms. The Kier molecular flexibility index (Phi) is 8.38. The van der Waals surface area contributed by atoms with Crippen LogP contribution >= 0.6 is 0 Å². The lowest BCUT2D eigenvalue weighted by atomic mass is 9.85. The molecule has 0 N–H and O–H groups in total. The van der Waals surface area contributed by atoms with Gasteiger partial charge in [-0.1, -0.05) is 158 Å². The molecule has 238 valence electrons. The van der Waals surface area contributed by atoms with Crippen LogP contribution in [0, 0.1) is 13.8 Å². The summed E-state index contributed by atoms with van der Waals surface area (Å²) in [7, 11) is 0. The Hall–Kier alpha value is -6.45. The minimum Gasteiger partial charge on any atom is -0.208 e. The molecular formula is C47H35N3. The quantitative estimate of drug-likeness (QED) is 0.174. The molecule has 1 aromatic heterocycles.